The van der Waals surface area contributed by atoms with Crippen LogP contribution in [0, 0.1) is 12.8 Å². The Labute approximate surface area is 164 Å². The first-order valence-corrected chi connectivity index (χ1v) is 10.7. The topological polar surface area (TPSA) is 40.6 Å². The lowest BCUT2D eigenvalue weighted by molar-refractivity contribution is -0.138. The summed E-state index contributed by atoms with van der Waals surface area (Å²) in [5.41, 5.74) is 2.44. The number of nitrogens with zero attached hydrogens (tertiary/aromatic N) is 2. The van der Waals surface area contributed by atoms with Crippen molar-refractivity contribution in [2.45, 2.75) is 45.2 Å². The van der Waals surface area contributed by atoms with Gasteiger partial charge in [-0.3, -0.25) is 9.59 Å². The number of rotatable bonds is 5. The summed E-state index contributed by atoms with van der Waals surface area (Å²) in [5, 5.41) is 1.93. The molecule has 0 radical (unpaired) electrons. The smallest absolute Gasteiger partial charge is 0.263 e. The van der Waals surface area contributed by atoms with Crippen LogP contribution in [0.15, 0.2) is 41.8 Å². The normalized spacial score (nSPS) is 17.7. The minimum absolute atomic E-state index is 0.0448. The molecule has 2 fully saturated rings. The molecule has 1 aliphatic carbocycles. The van der Waals surface area contributed by atoms with Crippen molar-refractivity contribution >= 4 is 23.2 Å². The van der Waals surface area contributed by atoms with E-state index in [0.29, 0.717) is 25.7 Å². The average Bonchev–Trinajstić information content (AvgIpc) is 3.39. The Balaban J connectivity index is 1.37. The van der Waals surface area contributed by atoms with Crippen LogP contribution in [0.25, 0.3) is 0 Å². The van der Waals surface area contributed by atoms with Crippen LogP contribution >= 0.6 is 11.3 Å². The summed E-state index contributed by atoms with van der Waals surface area (Å²) < 4.78 is 0. The van der Waals surface area contributed by atoms with Gasteiger partial charge in [0.2, 0.25) is 5.91 Å². The fraction of sp³-hybridized carbons (Fsp3) is 0.455. The number of hydrogen-bond donors (Lipinski definition) is 0. The van der Waals surface area contributed by atoms with Crippen LogP contribution in [0.1, 0.15) is 46.5 Å². The molecule has 1 aromatic heterocycles. The number of carbonyl (C=O) groups is 2. The van der Waals surface area contributed by atoms with E-state index in [1.54, 1.807) is 0 Å². The van der Waals surface area contributed by atoms with Gasteiger partial charge in [-0.15, -0.1) is 11.3 Å². The number of piperidine rings is 1. The third-order valence-corrected chi connectivity index (χ3v) is 6.47. The molecule has 2 aliphatic rings. The Morgan fingerprint density at radius 1 is 1.07 bits per heavy atom. The van der Waals surface area contributed by atoms with Gasteiger partial charge < -0.3 is 9.80 Å². The van der Waals surface area contributed by atoms with Gasteiger partial charge in [-0.2, -0.15) is 0 Å². The first kappa shape index (κ1) is 18.2. The molecule has 0 atom stereocenters. The van der Waals surface area contributed by atoms with Gasteiger partial charge in [0.1, 0.15) is 0 Å². The van der Waals surface area contributed by atoms with Gasteiger partial charge in [-0.1, -0.05) is 35.9 Å². The van der Waals surface area contributed by atoms with Gasteiger partial charge >= 0.3 is 0 Å². The molecule has 142 valence electrons. The molecular weight excluding hydrogens is 356 g/mol. The molecule has 2 heterocycles. The van der Waals surface area contributed by atoms with E-state index in [1.807, 2.05) is 22.4 Å². The highest BCUT2D eigenvalue weighted by Crippen LogP contribution is 2.32. The van der Waals surface area contributed by atoms with Crippen molar-refractivity contribution < 1.29 is 9.59 Å². The van der Waals surface area contributed by atoms with E-state index in [9.17, 15) is 9.59 Å². The SMILES string of the molecule is Cc1ccc(CN(C(=O)C2CCN(C(=O)c3cccs3)CC2)C2CC2)cc1. The molecule has 2 aromatic rings. The molecule has 1 saturated carbocycles. The van der Waals surface area contributed by atoms with E-state index in [2.05, 4.69) is 36.1 Å². The number of benzene rings is 1. The number of hydrogen-bond acceptors (Lipinski definition) is 3. The number of thiophene rings is 1. The fourth-order valence-electron chi connectivity index (χ4n) is 3.78. The summed E-state index contributed by atoms with van der Waals surface area (Å²) in [5.74, 6) is 0.430. The number of carbonyl (C=O) groups excluding carboxylic acids is 2. The molecule has 0 spiro atoms. The maximum absolute atomic E-state index is 13.2. The molecule has 1 aromatic carbocycles. The van der Waals surface area contributed by atoms with Gasteiger partial charge in [-0.05, 0) is 49.6 Å². The summed E-state index contributed by atoms with van der Waals surface area (Å²) in [7, 11) is 0. The van der Waals surface area contributed by atoms with Crippen LogP contribution in [-0.4, -0.2) is 40.7 Å². The lowest BCUT2D eigenvalue weighted by Gasteiger charge is -2.34. The molecule has 1 aliphatic heterocycles. The molecule has 4 rings (SSSR count). The summed E-state index contributed by atoms with van der Waals surface area (Å²) in [6, 6.07) is 12.7. The molecule has 0 bridgehead atoms. The van der Waals surface area contributed by atoms with Gasteiger partial charge in [0.15, 0.2) is 0 Å². The molecule has 0 N–H and O–H groups in total. The van der Waals surface area contributed by atoms with Gasteiger partial charge in [0.25, 0.3) is 5.91 Å². The van der Waals surface area contributed by atoms with Gasteiger partial charge in [-0.25, -0.2) is 0 Å². The zero-order valence-electron chi connectivity index (χ0n) is 15.8. The second kappa shape index (κ2) is 7.85. The van der Waals surface area contributed by atoms with Crippen LogP contribution in [0.4, 0.5) is 0 Å². The van der Waals surface area contributed by atoms with Crippen LogP contribution < -0.4 is 0 Å². The Bertz CT molecular complexity index is 788. The number of aryl methyl sites for hydroxylation is 1. The maximum atomic E-state index is 13.2. The van der Waals surface area contributed by atoms with E-state index >= 15 is 0 Å². The number of likely N-dealkylation sites (tertiary alicyclic amines) is 1. The highest BCUT2D eigenvalue weighted by atomic mass is 32.1. The van der Waals surface area contributed by atoms with Crippen molar-refractivity contribution in [2.75, 3.05) is 13.1 Å². The maximum Gasteiger partial charge on any atom is 0.263 e. The predicted molar refractivity (Wildman–Crippen MR) is 108 cm³/mol. The van der Waals surface area contributed by atoms with Crippen molar-refractivity contribution in [1.29, 1.82) is 0 Å². The van der Waals surface area contributed by atoms with Crippen molar-refractivity contribution in [1.82, 2.24) is 9.80 Å². The summed E-state index contributed by atoms with van der Waals surface area (Å²) >= 11 is 1.48. The largest absolute Gasteiger partial charge is 0.338 e. The summed E-state index contributed by atoms with van der Waals surface area (Å²) in [6.07, 6.45) is 3.78. The number of amides is 2. The van der Waals surface area contributed by atoms with E-state index < -0.39 is 0 Å². The van der Waals surface area contributed by atoms with Crippen LogP contribution in [0.2, 0.25) is 0 Å². The first-order valence-electron chi connectivity index (χ1n) is 9.80. The van der Waals surface area contributed by atoms with Crippen molar-refractivity contribution in [3.05, 3.63) is 57.8 Å². The lowest BCUT2D eigenvalue weighted by atomic mass is 9.94. The minimum atomic E-state index is 0.0448. The van der Waals surface area contributed by atoms with Gasteiger partial charge in [0.05, 0.1) is 4.88 Å². The highest BCUT2D eigenvalue weighted by molar-refractivity contribution is 7.12. The summed E-state index contributed by atoms with van der Waals surface area (Å²) in [6.45, 7) is 4.14. The zero-order valence-corrected chi connectivity index (χ0v) is 16.6. The fourth-order valence-corrected chi connectivity index (χ4v) is 4.47. The Morgan fingerprint density at radius 3 is 2.37 bits per heavy atom. The molecule has 1 saturated heterocycles. The van der Waals surface area contributed by atoms with Gasteiger partial charge in [0, 0.05) is 31.6 Å². The van der Waals surface area contributed by atoms with Crippen molar-refractivity contribution in [3.8, 4) is 0 Å². The minimum Gasteiger partial charge on any atom is -0.338 e. The van der Waals surface area contributed by atoms with Crippen molar-refractivity contribution in [2.24, 2.45) is 5.92 Å². The average molecular weight is 383 g/mol. The van der Waals surface area contributed by atoms with E-state index in [1.165, 1.54) is 22.5 Å². The Morgan fingerprint density at radius 2 is 1.78 bits per heavy atom. The molecule has 27 heavy (non-hydrogen) atoms. The van der Waals surface area contributed by atoms with E-state index in [-0.39, 0.29) is 17.7 Å². The summed E-state index contributed by atoms with van der Waals surface area (Å²) in [4.78, 5) is 30.5. The lowest BCUT2D eigenvalue weighted by Crippen LogP contribution is -2.44. The van der Waals surface area contributed by atoms with Crippen molar-refractivity contribution in [3.63, 3.8) is 0 Å². The third kappa shape index (κ3) is 4.24. The monoisotopic (exact) mass is 382 g/mol. The zero-order chi connectivity index (χ0) is 18.8. The van der Waals surface area contributed by atoms with Crippen LogP contribution in [0.3, 0.4) is 0 Å². The molecule has 4 nitrogen and oxygen atoms in total. The van der Waals surface area contributed by atoms with Crippen LogP contribution in [-0.2, 0) is 11.3 Å². The molecular formula is C22H26N2O2S. The molecule has 5 heteroatoms. The van der Waals surface area contributed by atoms with Crippen LogP contribution in [0.5, 0.6) is 0 Å². The highest BCUT2D eigenvalue weighted by Gasteiger charge is 2.37. The Kier molecular flexibility index (Phi) is 5.30. The second-order valence-electron chi connectivity index (χ2n) is 7.73. The first-order chi connectivity index (χ1) is 13.1. The van der Waals surface area contributed by atoms with E-state index in [4.69, 9.17) is 0 Å². The predicted octanol–water partition coefficient (Wildman–Crippen LogP) is 4.10. The molecule has 2 amide bonds. The second-order valence-corrected chi connectivity index (χ2v) is 8.67. The van der Waals surface area contributed by atoms with E-state index in [0.717, 1.165) is 30.6 Å². The standard InChI is InChI=1S/C22H26N2O2S/c1-16-4-6-17(7-5-16)15-24(19-8-9-19)21(25)18-10-12-23(13-11-18)22(26)20-3-2-14-27-20/h2-7,14,18-19H,8-13,15H2,1H3. The quantitative estimate of drug-likeness (QED) is 0.781. The third-order valence-electron chi connectivity index (χ3n) is 5.61. The molecule has 0 unspecified atom stereocenters. The Hall–Kier alpha value is -2.14.